The number of aromatic nitrogens is 2. The van der Waals surface area contributed by atoms with Gasteiger partial charge in [-0.05, 0) is 38.5 Å². The highest BCUT2D eigenvalue weighted by Crippen LogP contribution is 2.32. The molecule has 1 unspecified atom stereocenters. The van der Waals surface area contributed by atoms with Crippen molar-refractivity contribution in [3.63, 3.8) is 0 Å². The molecule has 1 fully saturated rings. The summed E-state index contributed by atoms with van der Waals surface area (Å²) >= 11 is 0. The van der Waals surface area contributed by atoms with Crippen molar-refractivity contribution in [2.75, 3.05) is 13.6 Å². The first kappa shape index (κ1) is 17.0. The third kappa shape index (κ3) is 4.09. The number of aliphatic hydroxyl groups is 1. The van der Waals surface area contributed by atoms with Crippen molar-refractivity contribution in [2.24, 2.45) is 11.8 Å². The summed E-state index contributed by atoms with van der Waals surface area (Å²) in [6.45, 7) is 9.62. The van der Waals surface area contributed by atoms with Crippen molar-refractivity contribution in [1.82, 2.24) is 14.7 Å². The van der Waals surface area contributed by atoms with Crippen LogP contribution in [-0.2, 0) is 17.8 Å². The van der Waals surface area contributed by atoms with Gasteiger partial charge in [-0.2, -0.15) is 5.10 Å². The van der Waals surface area contributed by atoms with Gasteiger partial charge in [0.1, 0.15) is 0 Å². The van der Waals surface area contributed by atoms with Crippen molar-refractivity contribution in [3.05, 3.63) is 17.0 Å². The van der Waals surface area contributed by atoms with Gasteiger partial charge in [0, 0.05) is 31.4 Å². The van der Waals surface area contributed by atoms with E-state index in [1.165, 1.54) is 0 Å². The highest BCUT2D eigenvalue weighted by molar-refractivity contribution is 5.79. The summed E-state index contributed by atoms with van der Waals surface area (Å²) in [7, 11) is 1.77. The molecule has 1 amide bonds. The molecule has 0 radical (unpaired) electrons. The Hall–Kier alpha value is -1.36. The van der Waals surface area contributed by atoms with Crippen LogP contribution < -0.4 is 0 Å². The van der Waals surface area contributed by atoms with Crippen LogP contribution in [0.25, 0.3) is 0 Å². The topological polar surface area (TPSA) is 58.4 Å². The number of aryl methyl sites for hydroxylation is 1. The molecule has 1 N–H and O–H groups in total. The summed E-state index contributed by atoms with van der Waals surface area (Å²) in [4.78, 5) is 14.1. The minimum atomic E-state index is -0.375. The van der Waals surface area contributed by atoms with E-state index in [9.17, 15) is 9.90 Å². The van der Waals surface area contributed by atoms with Crippen molar-refractivity contribution >= 4 is 5.91 Å². The second-order valence-electron chi connectivity index (χ2n) is 7.08. The van der Waals surface area contributed by atoms with E-state index < -0.39 is 0 Å². The minimum absolute atomic E-state index is 0.0509. The zero-order valence-electron chi connectivity index (χ0n) is 14.5. The molecular weight excluding hydrogens is 278 g/mol. The van der Waals surface area contributed by atoms with Gasteiger partial charge in [0.25, 0.3) is 0 Å². The van der Waals surface area contributed by atoms with Crippen LogP contribution in [0.15, 0.2) is 0 Å². The number of aliphatic hydroxyl groups excluding tert-OH is 1. The third-order valence-corrected chi connectivity index (χ3v) is 4.45. The Morgan fingerprint density at radius 3 is 2.59 bits per heavy atom. The summed E-state index contributed by atoms with van der Waals surface area (Å²) < 4.78 is 2.00. The van der Waals surface area contributed by atoms with E-state index in [0.29, 0.717) is 24.8 Å². The quantitative estimate of drug-likeness (QED) is 0.837. The largest absolute Gasteiger partial charge is 0.391 e. The van der Waals surface area contributed by atoms with Crippen molar-refractivity contribution < 1.29 is 9.90 Å². The van der Waals surface area contributed by atoms with Crippen molar-refractivity contribution in [2.45, 2.75) is 59.6 Å². The Morgan fingerprint density at radius 1 is 1.41 bits per heavy atom. The van der Waals surface area contributed by atoms with E-state index >= 15 is 0 Å². The van der Waals surface area contributed by atoms with Gasteiger partial charge < -0.3 is 10.0 Å². The number of hydrogen-bond donors (Lipinski definition) is 1. The summed E-state index contributed by atoms with van der Waals surface area (Å²) in [6.07, 6.45) is 2.16. The zero-order chi connectivity index (χ0) is 16.4. The van der Waals surface area contributed by atoms with Crippen LogP contribution in [0.2, 0.25) is 0 Å². The van der Waals surface area contributed by atoms with Gasteiger partial charge in [0.05, 0.1) is 18.2 Å². The highest BCUT2D eigenvalue weighted by atomic mass is 16.3. The molecule has 1 aromatic rings. The number of amides is 1. The maximum atomic E-state index is 12.4. The maximum Gasteiger partial charge on any atom is 0.226 e. The van der Waals surface area contributed by atoms with E-state index in [4.69, 9.17) is 0 Å². The average molecular weight is 307 g/mol. The van der Waals surface area contributed by atoms with Crippen LogP contribution in [0, 0.1) is 25.7 Å². The number of carbonyl (C=O) groups excluding carboxylic acids is 1. The van der Waals surface area contributed by atoms with Gasteiger partial charge in [-0.25, -0.2) is 0 Å². The molecule has 1 heterocycles. The van der Waals surface area contributed by atoms with Gasteiger partial charge in [-0.15, -0.1) is 0 Å². The van der Waals surface area contributed by atoms with Crippen LogP contribution in [0.4, 0.5) is 0 Å². The first-order chi connectivity index (χ1) is 10.3. The fourth-order valence-corrected chi connectivity index (χ4v) is 2.81. The van der Waals surface area contributed by atoms with Gasteiger partial charge in [0.15, 0.2) is 0 Å². The summed E-state index contributed by atoms with van der Waals surface area (Å²) in [5.41, 5.74) is 3.04. The molecule has 1 aliphatic carbocycles. The molecule has 2 rings (SSSR count). The lowest BCUT2D eigenvalue weighted by Gasteiger charge is -2.21. The summed E-state index contributed by atoms with van der Waals surface area (Å²) in [5, 5.41) is 14.5. The Labute approximate surface area is 133 Å². The number of nitrogens with zero attached hydrogens (tertiary/aromatic N) is 3. The SMILES string of the molecule is Cc1nn(CC(C)C)c(C)c1CC(=O)N(C)CC(O)C1CC1. The maximum absolute atomic E-state index is 12.4. The third-order valence-electron chi connectivity index (χ3n) is 4.45. The minimum Gasteiger partial charge on any atom is -0.391 e. The monoisotopic (exact) mass is 307 g/mol. The van der Waals surface area contributed by atoms with E-state index in [0.717, 1.165) is 36.3 Å². The molecule has 1 atom stereocenters. The Bertz CT molecular complexity index is 532. The van der Waals surface area contributed by atoms with Crippen LogP contribution in [0.3, 0.4) is 0 Å². The molecule has 124 valence electrons. The van der Waals surface area contributed by atoms with Crippen molar-refractivity contribution in [3.8, 4) is 0 Å². The summed E-state index contributed by atoms with van der Waals surface area (Å²) in [6, 6.07) is 0. The van der Waals surface area contributed by atoms with Gasteiger partial charge >= 0.3 is 0 Å². The molecule has 1 saturated carbocycles. The first-order valence-corrected chi connectivity index (χ1v) is 8.24. The fraction of sp³-hybridized carbons (Fsp3) is 0.765. The Balaban J connectivity index is 1.99. The molecule has 0 aliphatic heterocycles. The second-order valence-corrected chi connectivity index (χ2v) is 7.08. The van der Waals surface area contributed by atoms with E-state index in [2.05, 4.69) is 18.9 Å². The average Bonchev–Trinajstić information content (AvgIpc) is 3.23. The smallest absolute Gasteiger partial charge is 0.226 e. The molecule has 0 aromatic carbocycles. The summed E-state index contributed by atoms with van der Waals surface area (Å²) in [5.74, 6) is 0.973. The number of rotatable bonds is 7. The molecule has 22 heavy (non-hydrogen) atoms. The molecular formula is C17H29N3O2. The first-order valence-electron chi connectivity index (χ1n) is 8.24. The lowest BCUT2D eigenvalue weighted by molar-refractivity contribution is -0.130. The number of likely N-dealkylation sites (N-methyl/N-ethyl adjacent to an activating group) is 1. The van der Waals surface area contributed by atoms with Crippen LogP contribution in [-0.4, -0.2) is 45.4 Å². The van der Waals surface area contributed by atoms with Crippen molar-refractivity contribution in [1.29, 1.82) is 0 Å². The number of carbonyl (C=O) groups is 1. The number of hydrogen-bond acceptors (Lipinski definition) is 3. The van der Waals surface area contributed by atoms with E-state index in [1.807, 2.05) is 18.5 Å². The predicted octanol–water partition coefficient (Wildman–Crippen LogP) is 1.93. The Kier molecular flexibility index (Phi) is 5.27. The Morgan fingerprint density at radius 2 is 2.05 bits per heavy atom. The zero-order valence-corrected chi connectivity index (χ0v) is 14.5. The molecule has 5 nitrogen and oxygen atoms in total. The molecule has 5 heteroatoms. The fourth-order valence-electron chi connectivity index (χ4n) is 2.81. The highest BCUT2D eigenvalue weighted by Gasteiger charge is 2.31. The van der Waals surface area contributed by atoms with Gasteiger partial charge in [0.2, 0.25) is 5.91 Å². The molecule has 0 saturated heterocycles. The second kappa shape index (κ2) is 6.82. The molecule has 0 bridgehead atoms. The molecule has 1 aromatic heterocycles. The lowest BCUT2D eigenvalue weighted by atomic mass is 10.1. The molecule has 1 aliphatic rings. The van der Waals surface area contributed by atoms with Gasteiger partial charge in [-0.1, -0.05) is 13.8 Å². The van der Waals surface area contributed by atoms with Crippen LogP contribution in [0.1, 0.15) is 43.6 Å². The standard InChI is InChI=1S/C17H29N3O2/c1-11(2)9-20-13(4)15(12(3)18-20)8-17(22)19(5)10-16(21)14-6-7-14/h11,14,16,21H,6-10H2,1-5H3. The van der Waals surface area contributed by atoms with E-state index in [1.54, 1.807) is 11.9 Å². The van der Waals surface area contributed by atoms with Crippen LogP contribution >= 0.6 is 0 Å². The lowest BCUT2D eigenvalue weighted by Crippen LogP contribution is -2.36. The van der Waals surface area contributed by atoms with Gasteiger partial charge in [-0.3, -0.25) is 9.48 Å². The van der Waals surface area contributed by atoms with E-state index in [-0.39, 0.29) is 12.0 Å². The molecule has 0 spiro atoms. The van der Waals surface area contributed by atoms with Crippen LogP contribution in [0.5, 0.6) is 0 Å². The predicted molar refractivity (Wildman–Crippen MR) is 86.6 cm³/mol. The normalized spacial score (nSPS) is 16.1.